The number of methoxy groups -OCH3 is 2. The molecule has 0 amide bonds. The van der Waals surface area contributed by atoms with Gasteiger partial charge in [-0.05, 0) is 122 Å². The molecule has 0 unspecified atom stereocenters. The summed E-state index contributed by atoms with van der Waals surface area (Å²) in [6.45, 7) is 0. The van der Waals surface area contributed by atoms with Gasteiger partial charge >= 0.3 is 0 Å². The Morgan fingerprint density at radius 2 is 1.07 bits per heavy atom. The number of aromatic hydroxyl groups is 2. The zero-order valence-corrected chi connectivity index (χ0v) is 35.0. The van der Waals surface area contributed by atoms with E-state index in [2.05, 4.69) is 143 Å². The fourth-order valence-electron chi connectivity index (χ4n) is 3.52. The van der Waals surface area contributed by atoms with Gasteiger partial charge < -0.3 is 24.4 Å². The monoisotopic (exact) mass is 1130 g/mol. The second kappa shape index (κ2) is 16.0. The summed E-state index contributed by atoms with van der Waals surface area (Å²) in [5, 5.41) is 20.3. The van der Waals surface area contributed by atoms with Crippen molar-refractivity contribution < 1.29 is 24.4 Å². The number of phenolic OH excluding ortho intramolecular Hbond substituents is 2. The van der Waals surface area contributed by atoms with Gasteiger partial charge in [-0.3, -0.25) is 0 Å². The van der Waals surface area contributed by atoms with E-state index >= 15 is 0 Å². The predicted molar refractivity (Wildman–Crippen MR) is 194 cm³/mol. The first-order valence-corrected chi connectivity index (χ1v) is 18.2. The normalized spacial score (nSPS) is 10.6. The van der Waals surface area contributed by atoms with Crippen LogP contribution in [0.1, 0.15) is 11.1 Å². The Balaban J connectivity index is 0.000000226. The summed E-state index contributed by atoms with van der Waals surface area (Å²) in [4.78, 5) is 0. The van der Waals surface area contributed by atoms with Crippen LogP contribution >= 0.6 is 143 Å². The minimum atomic E-state index is 0.0180. The maximum absolute atomic E-state index is 10.4. The SMILES string of the molecule is COc1c(Br)cc(Br)cc1Cc1c(Br)cc(Br)c(Br)c1O.COc1c(Br)cc(Br)cc1Oc1c(O)cc(Br)cc1Br. The Bertz CT molecular complexity index is 1570. The molecule has 0 heterocycles. The van der Waals surface area contributed by atoms with Gasteiger partial charge in [0.15, 0.2) is 23.0 Å². The van der Waals surface area contributed by atoms with Crippen LogP contribution in [0.3, 0.4) is 0 Å². The van der Waals surface area contributed by atoms with Crippen LogP contribution in [0.25, 0.3) is 0 Å². The Labute approximate surface area is 312 Å². The van der Waals surface area contributed by atoms with Crippen LogP contribution in [0.2, 0.25) is 0 Å². The molecule has 0 spiro atoms. The minimum Gasteiger partial charge on any atom is -0.506 e. The zero-order valence-electron chi connectivity index (χ0n) is 20.8. The summed E-state index contributed by atoms with van der Waals surface area (Å²) >= 11 is 30.7. The average Bonchev–Trinajstić information content (AvgIpc) is 2.87. The molecule has 0 bridgehead atoms. The van der Waals surface area contributed by atoms with E-state index in [4.69, 9.17) is 14.2 Å². The summed E-state index contributed by atoms with van der Waals surface area (Å²) in [5.74, 6) is 2.31. The van der Waals surface area contributed by atoms with E-state index in [1.54, 1.807) is 32.4 Å². The lowest BCUT2D eigenvalue weighted by atomic mass is 10.0. The Morgan fingerprint density at radius 3 is 1.63 bits per heavy atom. The molecule has 0 fully saturated rings. The van der Waals surface area contributed by atoms with Crippen LogP contribution < -0.4 is 14.2 Å². The van der Waals surface area contributed by atoms with E-state index in [-0.39, 0.29) is 11.5 Å². The smallest absolute Gasteiger partial charge is 0.183 e. The Hall–Kier alpha value is 0.200. The van der Waals surface area contributed by atoms with E-state index < -0.39 is 0 Å². The topological polar surface area (TPSA) is 68.2 Å². The van der Waals surface area contributed by atoms with E-state index in [0.29, 0.717) is 32.6 Å². The first-order valence-electron chi connectivity index (χ1n) is 11.0. The lowest BCUT2D eigenvalue weighted by molar-refractivity contribution is 0.363. The quantitative estimate of drug-likeness (QED) is 0.188. The highest BCUT2D eigenvalue weighted by Crippen LogP contribution is 2.46. The van der Waals surface area contributed by atoms with E-state index in [0.717, 1.165) is 48.2 Å². The van der Waals surface area contributed by atoms with Gasteiger partial charge in [0.25, 0.3) is 0 Å². The fraction of sp³-hybridized carbons (Fsp3) is 0.111. The van der Waals surface area contributed by atoms with Crippen molar-refractivity contribution in [1.82, 2.24) is 0 Å². The predicted octanol–water partition coefficient (Wildman–Crippen LogP) is 13.0. The molecule has 0 saturated heterocycles. The first-order chi connectivity index (χ1) is 19.3. The Morgan fingerprint density at radius 1 is 0.561 bits per heavy atom. The number of ether oxygens (including phenoxy) is 3. The summed E-state index contributed by atoms with van der Waals surface area (Å²) in [6.07, 6.45) is 0.527. The maximum Gasteiger partial charge on any atom is 0.183 e. The first kappa shape index (κ1) is 35.7. The third-order valence-corrected chi connectivity index (χ3v) is 11.1. The number of rotatable bonds is 6. The molecule has 4 rings (SSSR count). The van der Waals surface area contributed by atoms with Crippen LogP contribution in [0.4, 0.5) is 0 Å². The highest BCUT2D eigenvalue weighted by atomic mass is 79.9. The summed E-state index contributed by atoms with van der Waals surface area (Å²) in [6, 6.07) is 12.8. The molecule has 4 aromatic rings. The van der Waals surface area contributed by atoms with Crippen molar-refractivity contribution in [2.75, 3.05) is 14.2 Å². The van der Waals surface area contributed by atoms with Crippen molar-refractivity contribution in [3.63, 3.8) is 0 Å². The lowest BCUT2D eigenvalue weighted by Crippen LogP contribution is -1.97. The van der Waals surface area contributed by atoms with Crippen LogP contribution in [0.15, 0.2) is 82.7 Å². The second-order valence-electron chi connectivity index (χ2n) is 8.00. The number of hydrogen-bond acceptors (Lipinski definition) is 5. The zero-order chi connectivity index (χ0) is 30.6. The summed E-state index contributed by atoms with van der Waals surface area (Å²) < 4.78 is 23.5. The van der Waals surface area contributed by atoms with Crippen LogP contribution in [0, 0.1) is 0 Å². The molecule has 4 aromatic carbocycles. The third-order valence-electron chi connectivity index (χ3n) is 5.28. The summed E-state index contributed by atoms with van der Waals surface area (Å²) in [5.41, 5.74) is 1.75. The van der Waals surface area contributed by atoms with Crippen molar-refractivity contribution in [2.45, 2.75) is 6.42 Å². The number of benzene rings is 4. The number of phenols is 2. The van der Waals surface area contributed by atoms with Crippen LogP contribution in [0.5, 0.6) is 34.5 Å². The van der Waals surface area contributed by atoms with E-state index in [1.807, 2.05) is 24.3 Å². The molecule has 5 nitrogen and oxygen atoms in total. The van der Waals surface area contributed by atoms with Crippen molar-refractivity contribution in [1.29, 1.82) is 0 Å². The number of halogens is 9. The molecule has 0 aromatic heterocycles. The van der Waals surface area contributed by atoms with Gasteiger partial charge in [0.05, 0.1) is 32.1 Å². The molecule has 0 atom stereocenters. The molecule has 0 aliphatic heterocycles. The highest BCUT2D eigenvalue weighted by molar-refractivity contribution is 9.13. The van der Waals surface area contributed by atoms with E-state index in [1.165, 1.54) is 0 Å². The van der Waals surface area contributed by atoms with E-state index in [9.17, 15) is 10.2 Å². The highest BCUT2D eigenvalue weighted by Gasteiger charge is 2.18. The number of hydrogen-bond donors (Lipinski definition) is 2. The molecule has 0 radical (unpaired) electrons. The van der Waals surface area contributed by atoms with Gasteiger partial charge in [0.1, 0.15) is 11.5 Å². The van der Waals surface area contributed by atoms with Gasteiger partial charge in [0, 0.05) is 39.9 Å². The van der Waals surface area contributed by atoms with Gasteiger partial charge in [-0.15, -0.1) is 0 Å². The molecule has 0 saturated carbocycles. The third kappa shape index (κ3) is 9.12. The standard InChI is InChI=1S/C14H9Br5O2.C13H8Br4O3/c1-21-14-6(2-7(15)4-11(14)18)3-8-9(16)5-10(17)12(19)13(8)20;1-19-13-9(17)3-7(15)5-11(13)20-12-8(16)2-6(14)4-10(12)18/h2,4-5,20H,3H2,1H3;2-5,18H,1H3. The molecule has 41 heavy (non-hydrogen) atoms. The van der Waals surface area contributed by atoms with Gasteiger partial charge in [-0.25, -0.2) is 0 Å². The van der Waals surface area contributed by atoms with Crippen LogP contribution in [-0.4, -0.2) is 24.4 Å². The van der Waals surface area contributed by atoms with Gasteiger partial charge in [0.2, 0.25) is 0 Å². The van der Waals surface area contributed by atoms with Crippen LogP contribution in [-0.2, 0) is 6.42 Å². The van der Waals surface area contributed by atoms with Crippen molar-refractivity contribution in [3.05, 3.63) is 93.8 Å². The molecular formula is C27H17Br9O5. The molecule has 0 aliphatic carbocycles. The Kier molecular flexibility index (Phi) is 13.9. The maximum atomic E-state index is 10.4. The minimum absolute atomic E-state index is 0.0180. The molecule has 218 valence electrons. The molecule has 0 aliphatic rings. The average molecular weight is 1140 g/mol. The fourth-order valence-corrected chi connectivity index (χ4v) is 9.26. The molecular weight excluding hydrogens is 1120 g/mol. The van der Waals surface area contributed by atoms with Crippen molar-refractivity contribution in [2.24, 2.45) is 0 Å². The largest absolute Gasteiger partial charge is 0.506 e. The molecule has 2 N–H and O–H groups in total. The second-order valence-corrected chi connectivity index (χ2v) is 15.8. The van der Waals surface area contributed by atoms with Gasteiger partial charge in [-0.1, -0.05) is 63.7 Å². The molecule has 14 heteroatoms. The summed E-state index contributed by atoms with van der Waals surface area (Å²) in [7, 11) is 3.18. The van der Waals surface area contributed by atoms with Gasteiger partial charge in [-0.2, -0.15) is 0 Å². The lowest BCUT2D eigenvalue weighted by Gasteiger charge is -2.15. The van der Waals surface area contributed by atoms with Crippen molar-refractivity contribution in [3.8, 4) is 34.5 Å². The van der Waals surface area contributed by atoms with Crippen molar-refractivity contribution >= 4 is 143 Å².